The Hall–Kier alpha value is -3.94. The summed E-state index contributed by atoms with van der Waals surface area (Å²) in [4.78, 5) is 55.5. The number of aromatic nitrogens is 1. The molecule has 0 saturated carbocycles. The van der Waals surface area contributed by atoms with Crippen LogP contribution in [0.5, 0.6) is 0 Å². The number of amides is 2. The summed E-state index contributed by atoms with van der Waals surface area (Å²) < 4.78 is 1.38. The summed E-state index contributed by atoms with van der Waals surface area (Å²) in [7, 11) is 0. The summed E-state index contributed by atoms with van der Waals surface area (Å²) in [5.74, 6) is -1.86. The zero-order valence-corrected chi connectivity index (χ0v) is 21.1. The van der Waals surface area contributed by atoms with Crippen LogP contribution in [0.15, 0.2) is 79.0 Å². The molecular weight excluding hydrogens is 513 g/mol. The Morgan fingerprint density at radius 3 is 1.73 bits per heavy atom. The number of carbonyl (C=O) groups is 4. The molecule has 0 radical (unpaired) electrons. The summed E-state index contributed by atoms with van der Waals surface area (Å²) in [5.41, 5.74) is 1.59. The van der Waals surface area contributed by atoms with Crippen LogP contribution in [0.1, 0.15) is 31.1 Å². The molecule has 0 atom stereocenters. The van der Waals surface area contributed by atoms with Gasteiger partial charge in [0.1, 0.15) is 0 Å². The minimum Gasteiger partial charge on any atom is -0.335 e. The van der Waals surface area contributed by atoms with Gasteiger partial charge in [-0.05, 0) is 54.6 Å². The first-order chi connectivity index (χ1) is 17.8. The number of ketones is 1. The second-order valence-corrected chi connectivity index (χ2v) is 9.54. The fourth-order valence-corrected chi connectivity index (χ4v) is 4.66. The van der Waals surface area contributed by atoms with Crippen LogP contribution in [0.4, 0.5) is 0 Å². The van der Waals surface area contributed by atoms with Gasteiger partial charge in [-0.25, -0.2) is 0 Å². The topological polar surface area (TPSA) is 79.7 Å². The maximum atomic E-state index is 13.3. The van der Waals surface area contributed by atoms with E-state index >= 15 is 0 Å². The molecule has 0 aliphatic carbocycles. The van der Waals surface area contributed by atoms with Crippen LogP contribution < -0.4 is 0 Å². The molecule has 0 unspecified atom stereocenters. The largest absolute Gasteiger partial charge is 0.335 e. The number of nitrogens with zero attached hydrogens (tertiary/aromatic N) is 3. The molecule has 1 aliphatic heterocycles. The highest BCUT2D eigenvalue weighted by Gasteiger charge is 2.31. The van der Waals surface area contributed by atoms with E-state index in [4.69, 9.17) is 23.2 Å². The highest BCUT2D eigenvalue weighted by atomic mass is 35.5. The van der Waals surface area contributed by atoms with E-state index in [1.54, 1.807) is 77.7 Å². The summed E-state index contributed by atoms with van der Waals surface area (Å²) >= 11 is 11.8. The molecular formula is C28H21Cl2N3O4. The summed E-state index contributed by atoms with van der Waals surface area (Å²) in [6.45, 7) is 1.06. The standard InChI is InChI=1S/C28H21Cl2N3O4/c29-20-9-5-18(6-10-20)26(35)31-13-15-32(16-14-31)28(37)25(34)23-17-33(24-4-2-1-3-22(23)24)27(36)19-7-11-21(30)12-8-19/h1-12,17H,13-16H2. The number of carbonyl (C=O) groups excluding carboxylic acids is 4. The molecule has 4 aromatic rings. The van der Waals surface area contributed by atoms with Crippen molar-refractivity contribution in [3.05, 3.63) is 106 Å². The SMILES string of the molecule is O=C(C(=O)N1CCN(C(=O)c2ccc(Cl)cc2)CC1)c1cn(C(=O)c2ccc(Cl)cc2)c2ccccc12. The Morgan fingerprint density at radius 1 is 0.622 bits per heavy atom. The predicted molar refractivity (Wildman–Crippen MR) is 141 cm³/mol. The highest BCUT2D eigenvalue weighted by molar-refractivity contribution is 6.45. The van der Waals surface area contributed by atoms with Crippen LogP contribution in [0.25, 0.3) is 10.9 Å². The zero-order chi connectivity index (χ0) is 26.1. The molecule has 0 spiro atoms. The maximum absolute atomic E-state index is 13.3. The van der Waals surface area contributed by atoms with Gasteiger partial charge in [0.15, 0.2) is 0 Å². The first kappa shape index (κ1) is 24.7. The third kappa shape index (κ3) is 4.88. The lowest BCUT2D eigenvalue weighted by molar-refractivity contribution is -0.127. The van der Waals surface area contributed by atoms with E-state index in [1.165, 1.54) is 15.7 Å². The number of benzene rings is 3. The summed E-state index contributed by atoms with van der Waals surface area (Å²) in [6.07, 6.45) is 1.42. The van der Waals surface area contributed by atoms with Crippen LogP contribution in [-0.2, 0) is 4.79 Å². The van der Waals surface area contributed by atoms with E-state index in [9.17, 15) is 19.2 Å². The van der Waals surface area contributed by atoms with Crippen LogP contribution >= 0.6 is 23.2 Å². The van der Waals surface area contributed by atoms with Crippen molar-refractivity contribution >= 4 is 57.6 Å². The van der Waals surface area contributed by atoms with Crippen LogP contribution in [0, 0.1) is 0 Å². The second-order valence-electron chi connectivity index (χ2n) is 8.66. The van der Waals surface area contributed by atoms with Gasteiger partial charge in [0.05, 0.1) is 11.1 Å². The lowest BCUT2D eigenvalue weighted by Crippen LogP contribution is -2.52. The van der Waals surface area contributed by atoms with Crippen molar-refractivity contribution in [3.63, 3.8) is 0 Å². The molecule has 1 fully saturated rings. The molecule has 1 aliphatic rings. The van der Waals surface area contributed by atoms with Crippen molar-refractivity contribution in [1.82, 2.24) is 14.4 Å². The van der Waals surface area contributed by atoms with E-state index in [0.717, 1.165) is 0 Å². The molecule has 1 aromatic heterocycles. The van der Waals surface area contributed by atoms with Crippen molar-refractivity contribution in [1.29, 1.82) is 0 Å². The smallest absolute Gasteiger partial charge is 0.295 e. The average Bonchev–Trinajstić information content (AvgIpc) is 3.32. The Balaban J connectivity index is 1.34. The third-order valence-electron chi connectivity index (χ3n) is 6.41. The normalized spacial score (nSPS) is 13.6. The molecule has 0 N–H and O–H groups in total. The Labute approximate surface area is 222 Å². The van der Waals surface area contributed by atoms with E-state index in [1.807, 2.05) is 0 Å². The number of halogens is 2. The molecule has 2 amide bonds. The average molecular weight is 534 g/mol. The van der Waals surface area contributed by atoms with Crippen molar-refractivity contribution < 1.29 is 19.2 Å². The molecule has 37 heavy (non-hydrogen) atoms. The maximum Gasteiger partial charge on any atom is 0.295 e. The van der Waals surface area contributed by atoms with Gasteiger partial charge in [-0.15, -0.1) is 0 Å². The van der Waals surface area contributed by atoms with Crippen molar-refractivity contribution in [2.24, 2.45) is 0 Å². The molecule has 0 bridgehead atoms. The number of rotatable bonds is 4. The first-order valence-corrected chi connectivity index (χ1v) is 12.4. The lowest BCUT2D eigenvalue weighted by Gasteiger charge is -2.34. The Kier molecular flexibility index (Phi) is 6.82. The fraction of sp³-hybridized carbons (Fsp3) is 0.143. The Morgan fingerprint density at radius 2 is 1.14 bits per heavy atom. The van der Waals surface area contributed by atoms with Gasteiger partial charge in [-0.3, -0.25) is 23.7 Å². The molecule has 3 aromatic carbocycles. The van der Waals surface area contributed by atoms with Crippen LogP contribution in [0.3, 0.4) is 0 Å². The number of hydrogen-bond acceptors (Lipinski definition) is 4. The number of hydrogen-bond donors (Lipinski definition) is 0. The molecule has 2 heterocycles. The van der Waals surface area contributed by atoms with Crippen molar-refractivity contribution in [3.8, 4) is 0 Å². The van der Waals surface area contributed by atoms with E-state index in [2.05, 4.69) is 0 Å². The minimum absolute atomic E-state index is 0.154. The molecule has 186 valence electrons. The number of Topliss-reactive ketones (excluding diaryl/α,β-unsaturated/α-hetero) is 1. The van der Waals surface area contributed by atoms with Gasteiger partial charge in [-0.2, -0.15) is 0 Å². The quantitative estimate of drug-likeness (QED) is 0.278. The van der Waals surface area contributed by atoms with Gasteiger partial charge >= 0.3 is 0 Å². The molecule has 9 heteroatoms. The lowest BCUT2D eigenvalue weighted by atomic mass is 10.1. The second kappa shape index (κ2) is 10.2. The van der Waals surface area contributed by atoms with Crippen molar-refractivity contribution in [2.75, 3.05) is 26.2 Å². The van der Waals surface area contributed by atoms with Gasteiger partial charge in [0, 0.05) is 58.9 Å². The fourth-order valence-electron chi connectivity index (χ4n) is 4.41. The van der Waals surface area contributed by atoms with Gasteiger partial charge in [0.25, 0.3) is 23.5 Å². The predicted octanol–water partition coefficient (Wildman–Crippen LogP) is 4.80. The highest BCUT2D eigenvalue weighted by Crippen LogP contribution is 2.24. The zero-order valence-electron chi connectivity index (χ0n) is 19.6. The Bertz CT molecular complexity index is 1520. The first-order valence-electron chi connectivity index (χ1n) is 11.6. The van der Waals surface area contributed by atoms with Gasteiger partial charge < -0.3 is 9.80 Å². The van der Waals surface area contributed by atoms with E-state index < -0.39 is 11.7 Å². The van der Waals surface area contributed by atoms with E-state index in [-0.39, 0.29) is 30.5 Å². The molecule has 7 nitrogen and oxygen atoms in total. The number of fused-ring (bicyclic) bond motifs is 1. The number of para-hydroxylation sites is 1. The molecule has 1 saturated heterocycles. The van der Waals surface area contributed by atoms with Crippen molar-refractivity contribution in [2.45, 2.75) is 0 Å². The summed E-state index contributed by atoms with van der Waals surface area (Å²) in [6, 6.07) is 20.0. The van der Waals surface area contributed by atoms with Gasteiger partial charge in [0.2, 0.25) is 0 Å². The third-order valence-corrected chi connectivity index (χ3v) is 6.91. The van der Waals surface area contributed by atoms with Crippen LogP contribution in [0.2, 0.25) is 10.0 Å². The number of piperazine rings is 1. The van der Waals surface area contributed by atoms with Crippen LogP contribution in [-0.4, -0.2) is 64.1 Å². The monoisotopic (exact) mass is 533 g/mol. The minimum atomic E-state index is -0.698. The summed E-state index contributed by atoms with van der Waals surface area (Å²) in [5, 5.41) is 1.56. The van der Waals surface area contributed by atoms with E-state index in [0.29, 0.717) is 45.2 Å². The molecule has 5 rings (SSSR count). The van der Waals surface area contributed by atoms with Gasteiger partial charge in [-0.1, -0.05) is 41.4 Å².